The van der Waals surface area contributed by atoms with Crippen LogP contribution in [0, 0.1) is 0 Å². The molecule has 0 aliphatic carbocycles. The predicted molar refractivity (Wildman–Crippen MR) is 66.0 cm³/mol. The fourth-order valence-corrected chi connectivity index (χ4v) is 1.53. The van der Waals surface area contributed by atoms with Crippen molar-refractivity contribution in [3.8, 4) is 5.75 Å². The van der Waals surface area contributed by atoms with Gasteiger partial charge in [-0.2, -0.15) is 8.78 Å². The number of hydrogen-bond donors (Lipinski definition) is 1. The van der Waals surface area contributed by atoms with Crippen LogP contribution in [0.2, 0.25) is 0 Å². The zero-order valence-electron chi connectivity index (χ0n) is 10.1. The topological polar surface area (TPSA) is 42.4 Å². The van der Waals surface area contributed by atoms with E-state index in [9.17, 15) is 8.78 Å². The largest absolute Gasteiger partial charge is 0.485 e. The van der Waals surface area contributed by atoms with Gasteiger partial charge in [0, 0.05) is 5.56 Å². The Morgan fingerprint density at radius 2 is 1.84 bits per heavy atom. The van der Waals surface area contributed by atoms with Crippen molar-refractivity contribution in [2.24, 2.45) is 0 Å². The second-order valence-electron chi connectivity index (χ2n) is 4.00. The maximum absolute atomic E-state index is 13.8. The monoisotopic (exact) mass is 265 g/mol. The van der Waals surface area contributed by atoms with E-state index < -0.39 is 12.5 Å². The molecule has 0 aliphatic rings. The third kappa shape index (κ3) is 3.48. The van der Waals surface area contributed by atoms with Crippen LogP contribution >= 0.6 is 0 Å². The number of benzene rings is 1. The van der Waals surface area contributed by atoms with E-state index in [1.54, 1.807) is 18.2 Å². The summed E-state index contributed by atoms with van der Waals surface area (Å²) in [7, 11) is 0. The van der Waals surface area contributed by atoms with Gasteiger partial charge < -0.3 is 9.84 Å². The molecule has 19 heavy (non-hydrogen) atoms. The average molecular weight is 265 g/mol. The van der Waals surface area contributed by atoms with Crippen molar-refractivity contribution >= 4 is 0 Å². The molecule has 5 heteroatoms. The van der Waals surface area contributed by atoms with Gasteiger partial charge in [0.15, 0.2) is 6.61 Å². The molecule has 2 aromatic rings. The van der Waals surface area contributed by atoms with Gasteiger partial charge in [-0.1, -0.05) is 30.3 Å². The molecule has 0 aliphatic heterocycles. The molecule has 0 radical (unpaired) electrons. The van der Waals surface area contributed by atoms with Gasteiger partial charge in [-0.25, -0.2) is 0 Å². The van der Waals surface area contributed by atoms with Crippen molar-refractivity contribution < 1.29 is 18.6 Å². The smallest absolute Gasteiger partial charge is 0.306 e. The lowest BCUT2D eigenvalue weighted by Crippen LogP contribution is -2.23. The second-order valence-corrected chi connectivity index (χ2v) is 4.00. The summed E-state index contributed by atoms with van der Waals surface area (Å²) in [5, 5.41) is 8.81. The molecule has 1 aromatic heterocycles. The van der Waals surface area contributed by atoms with E-state index >= 15 is 0 Å². The van der Waals surface area contributed by atoms with Gasteiger partial charge in [0.1, 0.15) is 5.75 Å². The van der Waals surface area contributed by atoms with Crippen LogP contribution in [0.4, 0.5) is 8.78 Å². The van der Waals surface area contributed by atoms with E-state index in [0.29, 0.717) is 5.69 Å². The molecule has 0 amide bonds. The lowest BCUT2D eigenvalue weighted by atomic mass is 10.1. The van der Waals surface area contributed by atoms with Crippen LogP contribution < -0.4 is 4.74 Å². The Kier molecular flexibility index (Phi) is 4.06. The number of pyridine rings is 1. The maximum Gasteiger partial charge on any atom is 0.306 e. The highest BCUT2D eigenvalue weighted by atomic mass is 19.3. The summed E-state index contributed by atoms with van der Waals surface area (Å²) in [6.07, 6.45) is 1.31. The fourth-order valence-electron chi connectivity index (χ4n) is 1.53. The SMILES string of the molecule is OCc1ccc(OCC(F)(F)c2ccccc2)cn1. The molecule has 1 N–H and O–H groups in total. The minimum absolute atomic E-state index is 0.0880. The summed E-state index contributed by atoms with van der Waals surface area (Å²) in [5.74, 6) is -2.82. The van der Waals surface area contributed by atoms with Crippen LogP contribution in [-0.4, -0.2) is 16.7 Å². The van der Waals surface area contributed by atoms with Crippen molar-refractivity contribution in [1.29, 1.82) is 0 Å². The van der Waals surface area contributed by atoms with Crippen LogP contribution in [-0.2, 0) is 12.5 Å². The molecule has 0 saturated carbocycles. The molecule has 0 atom stereocenters. The van der Waals surface area contributed by atoms with Gasteiger partial charge in [0.2, 0.25) is 0 Å². The molecular formula is C14H13F2NO2. The van der Waals surface area contributed by atoms with Crippen LogP contribution in [0.15, 0.2) is 48.7 Å². The van der Waals surface area contributed by atoms with Crippen molar-refractivity contribution in [1.82, 2.24) is 4.98 Å². The summed E-state index contributed by atoms with van der Waals surface area (Å²) in [4.78, 5) is 3.85. The molecule has 0 spiro atoms. The summed E-state index contributed by atoms with van der Waals surface area (Å²) in [6.45, 7) is -0.947. The molecule has 3 nitrogen and oxygen atoms in total. The van der Waals surface area contributed by atoms with E-state index in [1.165, 1.54) is 30.5 Å². The average Bonchev–Trinajstić information content (AvgIpc) is 2.47. The van der Waals surface area contributed by atoms with Crippen molar-refractivity contribution in [2.45, 2.75) is 12.5 Å². The Bertz CT molecular complexity index is 515. The third-order valence-corrected chi connectivity index (χ3v) is 2.58. The normalized spacial score (nSPS) is 11.3. The van der Waals surface area contributed by atoms with E-state index in [0.717, 1.165) is 0 Å². The van der Waals surface area contributed by atoms with Crippen molar-refractivity contribution in [3.05, 3.63) is 59.9 Å². The summed E-state index contributed by atoms with van der Waals surface area (Å²) >= 11 is 0. The first-order valence-electron chi connectivity index (χ1n) is 5.74. The van der Waals surface area contributed by atoms with Gasteiger partial charge in [-0.05, 0) is 12.1 Å². The van der Waals surface area contributed by atoms with Gasteiger partial charge >= 0.3 is 5.92 Å². The molecular weight excluding hydrogens is 252 g/mol. The molecule has 0 unspecified atom stereocenters. The van der Waals surface area contributed by atoms with E-state index in [4.69, 9.17) is 9.84 Å². The summed E-state index contributed by atoms with van der Waals surface area (Å²) in [5.41, 5.74) is 0.372. The molecule has 100 valence electrons. The molecule has 2 rings (SSSR count). The standard InChI is InChI=1S/C14H13F2NO2/c15-14(16,11-4-2-1-3-5-11)10-19-13-7-6-12(9-18)17-8-13/h1-8,18H,9-10H2. The lowest BCUT2D eigenvalue weighted by molar-refractivity contribution is -0.0468. The van der Waals surface area contributed by atoms with Crippen molar-refractivity contribution in [2.75, 3.05) is 6.61 Å². The van der Waals surface area contributed by atoms with E-state index in [1.807, 2.05) is 0 Å². The molecule has 1 heterocycles. The lowest BCUT2D eigenvalue weighted by Gasteiger charge is -2.17. The fraction of sp³-hybridized carbons (Fsp3) is 0.214. The molecule has 0 bridgehead atoms. The Morgan fingerprint density at radius 1 is 1.11 bits per heavy atom. The first-order chi connectivity index (χ1) is 9.12. The second kappa shape index (κ2) is 5.75. The number of nitrogens with zero attached hydrogens (tertiary/aromatic N) is 1. The number of rotatable bonds is 5. The van der Waals surface area contributed by atoms with Crippen LogP contribution in [0.5, 0.6) is 5.75 Å². The Morgan fingerprint density at radius 3 is 2.42 bits per heavy atom. The molecule has 1 aromatic carbocycles. The van der Waals surface area contributed by atoms with Gasteiger partial charge in [0.05, 0.1) is 18.5 Å². The highest BCUT2D eigenvalue weighted by Crippen LogP contribution is 2.28. The van der Waals surface area contributed by atoms with Crippen LogP contribution in [0.25, 0.3) is 0 Å². The number of aromatic nitrogens is 1. The zero-order valence-corrected chi connectivity index (χ0v) is 10.1. The molecule has 0 saturated heterocycles. The van der Waals surface area contributed by atoms with E-state index in [2.05, 4.69) is 4.98 Å². The van der Waals surface area contributed by atoms with Crippen LogP contribution in [0.3, 0.4) is 0 Å². The number of halogens is 2. The highest BCUT2D eigenvalue weighted by molar-refractivity contribution is 5.22. The number of hydrogen-bond acceptors (Lipinski definition) is 3. The third-order valence-electron chi connectivity index (χ3n) is 2.58. The number of aliphatic hydroxyl groups excluding tert-OH is 1. The van der Waals surface area contributed by atoms with Crippen LogP contribution in [0.1, 0.15) is 11.3 Å². The van der Waals surface area contributed by atoms with E-state index in [-0.39, 0.29) is 17.9 Å². The summed E-state index contributed by atoms with van der Waals surface area (Å²) in [6, 6.07) is 10.5. The number of alkyl halides is 2. The van der Waals surface area contributed by atoms with Crippen molar-refractivity contribution in [3.63, 3.8) is 0 Å². The summed E-state index contributed by atoms with van der Waals surface area (Å²) < 4.78 is 32.6. The number of aliphatic hydroxyl groups is 1. The Hall–Kier alpha value is -2.01. The number of ether oxygens (including phenoxy) is 1. The van der Waals surface area contributed by atoms with Gasteiger partial charge in [-0.15, -0.1) is 0 Å². The highest BCUT2D eigenvalue weighted by Gasteiger charge is 2.32. The quantitative estimate of drug-likeness (QED) is 0.903. The zero-order chi connectivity index (χ0) is 13.7. The Labute approximate surface area is 109 Å². The Balaban J connectivity index is 2.01. The minimum Gasteiger partial charge on any atom is -0.485 e. The maximum atomic E-state index is 13.8. The first-order valence-corrected chi connectivity index (χ1v) is 5.74. The van der Waals surface area contributed by atoms with Gasteiger partial charge in [0.25, 0.3) is 0 Å². The van der Waals surface area contributed by atoms with Gasteiger partial charge in [-0.3, -0.25) is 4.98 Å². The molecule has 0 fully saturated rings. The predicted octanol–water partition coefficient (Wildman–Crippen LogP) is 2.74. The first kappa shape index (κ1) is 13.4. The minimum atomic E-state index is -3.06.